The van der Waals surface area contributed by atoms with Crippen molar-refractivity contribution in [3.05, 3.63) is 35.1 Å². The zero-order chi connectivity index (χ0) is 11.5. The molecule has 1 nitrogen and oxygen atoms in total. The lowest BCUT2D eigenvalue weighted by atomic mass is 9.88. The van der Waals surface area contributed by atoms with E-state index in [0.29, 0.717) is 5.92 Å². The Bertz CT molecular complexity index is 354. The van der Waals surface area contributed by atoms with Crippen LogP contribution in [0.4, 0.5) is 4.39 Å². The number of benzene rings is 1. The highest BCUT2D eigenvalue weighted by atomic mass is 19.1. The van der Waals surface area contributed by atoms with Crippen molar-refractivity contribution in [2.24, 2.45) is 0 Å². The SMILES string of the molecule is CCN1CCC(c2cccc(C)c2F)CC1. The van der Waals surface area contributed by atoms with Gasteiger partial charge in [0.1, 0.15) is 5.82 Å². The predicted molar refractivity (Wildman–Crippen MR) is 65.2 cm³/mol. The molecular formula is C14H20FN. The van der Waals surface area contributed by atoms with Gasteiger partial charge >= 0.3 is 0 Å². The van der Waals surface area contributed by atoms with E-state index in [4.69, 9.17) is 0 Å². The van der Waals surface area contributed by atoms with Gasteiger partial charge in [0.2, 0.25) is 0 Å². The van der Waals surface area contributed by atoms with Gasteiger partial charge in [-0.3, -0.25) is 0 Å². The molecule has 0 spiro atoms. The minimum absolute atomic E-state index is 0.0115. The van der Waals surface area contributed by atoms with E-state index in [2.05, 4.69) is 11.8 Å². The Morgan fingerprint density at radius 2 is 2.00 bits per heavy atom. The lowest BCUT2D eigenvalue weighted by molar-refractivity contribution is 0.220. The lowest BCUT2D eigenvalue weighted by Crippen LogP contribution is -2.32. The van der Waals surface area contributed by atoms with Crippen molar-refractivity contribution in [2.75, 3.05) is 19.6 Å². The zero-order valence-electron chi connectivity index (χ0n) is 10.2. The number of hydrogen-bond acceptors (Lipinski definition) is 1. The molecule has 1 aromatic carbocycles. The molecule has 88 valence electrons. The van der Waals surface area contributed by atoms with Gasteiger partial charge in [0.15, 0.2) is 0 Å². The maximum absolute atomic E-state index is 14.0. The summed E-state index contributed by atoms with van der Waals surface area (Å²) in [5.41, 5.74) is 1.70. The van der Waals surface area contributed by atoms with Crippen molar-refractivity contribution in [1.82, 2.24) is 4.90 Å². The summed E-state index contributed by atoms with van der Waals surface area (Å²) >= 11 is 0. The highest BCUT2D eigenvalue weighted by molar-refractivity contribution is 5.28. The molecule has 1 aromatic rings. The third-order valence-corrected chi connectivity index (χ3v) is 3.70. The van der Waals surface area contributed by atoms with Gasteiger partial charge in [0, 0.05) is 0 Å². The summed E-state index contributed by atoms with van der Waals surface area (Å²) in [5.74, 6) is 0.431. The highest BCUT2D eigenvalue weighted by Gasteiger charge is 2.22. The molecule has 0 radical (unpaired) electrons. The molecule has 0 aromatic heterocycles. The van der Waals surface area contributed by atoms with Crippen LogP contribution in [0.1, 0.15) is 36.8 Å². The second-order valence-electron chi connectivity index (χ2n) is 4.69. The van der Waals surface area contributed by atoms with E-state index < -0.39 is 0 Å². The molecular weight excluding hydrogens is 201 g/mol. The summed E-state index contributed by atoms with van der Waals surface area (Å²) in [6, 6.07) is 5.77. The Labute approximate surface area is 97.3 Å². The molecule has 0 bridgehead atoms. The largest absolute Gasteiger partial charge is 0.304 e. The van der Waals surface area contributed by atoms with Crippen LogP contribution >= 0.6 is 0 Å². The third-order valence-electron chi connectivity index (χ3n) is 3.70. The smallest absolute Gasteiger partial charge is 0.129 e. The Morgan fingerprint density at radius 3 is 2.62 bits per heavy atom. The molecule has 2 heteroatoms. The van der Waals surface area contributed by atoms with Crippen LogP contribution in [0, 0.1) is 12.7 Å². The van der Waals surface area contributed by atoms with E-state index in [1.807, 2.05) is 25.1 Å². The number of piperidine rings is 1. The molecule has 0 unspecified atom stereocenters. The first-order valence-corrected chi connectivity index (χ1v) is 6.19. The van der Waals surface area contributed by atoms with E-state index in [1.54, 1.807) is 0 Å². The van der Waals surface area contributed by atoms with Gasteiger partial charge in [-0.2, -0.15) is 0 Å². The molecule has 1 aliphatic rings. The van der Waals surface area contributed by atoms with Crippen molar-refractivity contribution in [3.8, 4) is 0 Å². The summed E-state index contributed by atoms with van der Waals surface area (Å²) in [7, 11) is 0. The van der Waals surface area contributed by atoms with Crippen molar-refractivity contribution in [1.29, 1.82) is 0 Å². The first kappa shape index (κ1) is 11.6. The average molecular weight is 221 g/mol. The number of likely N-dealkylation sites (tertiary alicyclic amines) is 1. The quantitative estimate of drug-likeness (QED) is 0.740. The molecule has 1 aliphatic heterocycles. The number of rotatable bonds is 2. The van der Waals surface area contributed by atoms with E-state index in [9.17, 15) is 4.39 Å². The van der Waals surface area contributed by atoms with Gasteiger partial charge < -0.3 is 4.90 Å². The summed E-state index contributed by atoms with van der Waals surface area (Å²) in [4.78, 5) is 2.43. The van der Waals surface area contributed by atoms with Gasteiger partial charge in [-0.15, -0.1) is 0 Å². The molecule has 1 heterocycles. The fourth-order valence-electron chi connectivity index (χ4n) is 2.55. The Morgan fingerprint density at radius 1 is 1.31 bits per heavy atom. The molecule has 16 heavy (non-hydrogen) atoms. The van der Waals surface area contributed by atoms with E-state index >= 15 is 0 Å². The Hall–Kier alpha value is -0.890. The molecule has 2 rings (SSSR count). The monoisotopic (exact) mass is 221 g/mol. The van der Waals surface area contributed by atoms with Crippen molar-refractivity contribution in [2.45, 2.75) is 32.6 Å². The summed E-state index contributed by atoms with van der Waals surface area (Å²) < 4.78 is 14.0. The summed E-state index contributed by atoms with van der Waals surface area (Å²) in [5, 5.41) is 0. The maximum atomic E-state index is 14.0. The second kappa shape index (κ2) is 4.96. The maximum Gasteiger partial charge on any atom is 0.129 e. The van der Waals surface area contributed by atoms with Crippen LogP contribution in [-0.4, -0.2) is 24.5 Å². The summed E-state index contributed by atoms with van der Waals surface area (Å²) in [6.07, 6.45) is 2.18. The summed E-state index contributed by atoms with van der Waals surface area (Å²) in [6.45, 7) is 7.36. The van der Waals surface area contributed by atoms with Gasteiger partial charge in [-0.1, -0.05) is 25.1 Å². The van der Waals surface area contributed by atoms with E-state index in [1.165, 1.54) is 0 Å². The normalized spacial score (nSPS) is 18.9. The van der Waals surface area contributed by atoms with Crippen LogP contribution in [0.3, 0.4) is 0 Å². The van der Waals surface area contributed by atoms with E-state index in [-0.39, 0.29) is 5.82 Å². The third kappa shape index (κ3) is 2.27. The number of halogens is 1. The molecule has 1 saturated heterocycles. The van der Waals surface area contributed by atoms with Crippen molar-refractivity contribution in [3.63, 3.8) is 0 Å². The topological polar surface area (TPSA) is 3.24 Å². The molecule has 0 saturated carbocycles. The molecule has 0 aliphatic carbocycles. The van der Waals surface area contributed by atoms with Gasteiger partial charge in [0.25, 0.3) is 0 Å². The first-order valence-electron chi connectivity index (χ1n) is 6.19. The number of aryl methyl sites for hydroxylation is 1. The second-order valence-corrected chi connectivity index (χ2v) is 4.69. The van der Waals surface area contributed by atoms with Crippen LogP contribution in [0.15, 0.2) is 18.2 Å². The molecule has 0 N–H and O–H groups in total. The van der Waals surface area contributed by atoms with E-state index in [0.717, 1.165) is 43.6 Å². The standard InChI is InChI=1S/C14H20FN/c1-3-16-9-7-12(8-10-16)13-6-4-5-11(2)14(13)15/h4-6,12H,3,7-10H2,1-2H3. The van der Waals surface area contributed by atoms with Gasteiger partial charge in [-0.25, -0.2) is 4.39 Å². The van der Waals surface area contributed by atoms with Gasteiger partial charge in [-0.05, 0) is 56.4 Å². The first-order chi connectivity index (χ1) is 7.72. The predicted octanol–water partition coefficient (Wildman–Crippen LogP) is 3.33. The van der Waals surface area contributed by atoms with Crippen LogP contribution in [-0.2, 0) is 0 Å². The van der Waals surface area contributed by atoms with Crippen LogP contribution < -0.4 is 0 Å². The van der Waals surface area contributed by atoms with Crippen LogP contribution in [0.2, 0.25) is 0 Å². The highest BCUT2D eigenvalue weighted by Crippen LogP contribution is 2.30. The lowest BCUT2D eigenvalue weighted by Gasteiger charge is -2.31. The van der Waals surface area contributed by atoms with Gasteiger partial charge in [0.05, 0.1) is 0 Å². The fourth-order valence-corrected chi connectivity index (χ4v) is 2.55. The van der Waals surface area contributed by atoms with Crippen LogP contribution in [0.25, 0.3) is 0 Å². The molecule has 1 fully saturated rings. The number of hydrogen-bond donors (Lipinski definition) is 0. The van der Waals surface area contributed by atoms with Crippen LogP contribution in [0.5, 0.6) is 0 Å². The fraction of sp³-hybridized carbons (Fsp3) is 0.571. The zero-order valence-corrected chi connectivity index (χ0v) is 10.2. The Balaban J connectivity index is 2.11. The minimum atomic E-state index is 0.0115. The molecule has 0 atom stereocenters. The van der Waals surface area contributed by atoms with Crippen molar-refractivity contribution < 1.29 is 4.39 Å². The molecule has 0 amide bonds. The number of nitrogens with zero attached hydrogens (tertiary/aromatic N) is 1. The minimum Gasteiger partial charge on any atom is -0.304 e. The Kier molecular flexibility index (Phi) is 3.59. The van der Waals surface area contributed by atoms with Crippen molar-refractivity contribution >= 4 is 0 Å². The average Bonchev–Trinajstić information content (AvgIpc) is 2.33.